The lowest BCUT2D eigenvalue weighted by Crippen LogP contribution is -2.22. The van der Waals surface area contributed by atoms with Crippen molar-refractivity contribution in [1.82, 2.24) is 4.90 Å². The highest BCUT2D eigenvalue weighted by molar-refractivity contribution is 6.05. The van der Waals surface area contributed by atoms with E-state index in [1.54, 1.807) is 33.2 Å². The van der Waals surface area contributed by atoms with E-state index in [-0.39, 0.29) is 28.7 Å². The molecule has 2 aromatic rings. The number of methoxy groups -OCH3 is 1. The Kier molecular flexibility index (Phi) is 5.66. The highest BCUT2D eigenvalue weighted by atomic mass is 16.5. The first-order valence-corrected chi connectivity index (χ1v) is 7.85. The number of anilines is 1. The Morgan fingerprint density at radius 1 is 1.23 bits per heavy atom. The smallest absolute Gasteiger partial charge is 0.339 e. The van der Waals surface area contributed by atoms with Gasteiger partial charge in [0, 0.05) is 32.1 Å². The number of nitrogens with one attached hydrogen (secondary N) is 1. The van der Waals surface area contributed by atoms with Crippen molar-refractivity contribution in [2.24, 2.45) is 0 Å². The number of aromatic carboxylic acids is 1. The van der Waals surface area contributed by atoms with Gasteiger partial charge in [-0.25, -0.2) is 4.79 Å². The molecule has 2 rings (SSSR count). The van der Waals surface area contributed by atoms with Gasteiger partial charge in [-0.1, -0.05) is 6.92 Å². The molecule has 0 saturated carbocycles. The Morgan fingerprint density at radius 2 is 1.92 bits per heavy atom. The van der Waals surface area contributed by atoms with Crippen molar-refractivity contribution in [3.05, 3.63) is 46.9 Å². The minimum Gasteiger partial charge on any atom is -0.495 e. The van der Waals surface area contributed by atoms with Crippen molar-refractivity contribution in [1.29, 1.82) is 0 Å². The SMILES string of the molecule is CCc1oc(C(=O)Nc2cc(C(=O)N(C)C)ccc2OC)cc1C(=O)O. The van der Waals surface area contributed by atoms with Crippen molar-refractivity contribution < 1.29 is 28.6 Å². The lowest BCUT2D eigenvalue weighted by atomic mass is 10.1. The highest BCUT2D eigenvalue weighted by Gasteiger charge is 2.21. The molecule has 0 aliphatic heterocycles. The van der Waals surface area contributed by atoms with Gasteiger partial charge < -0.3 is 24.5 Å². The fourth-order valence-corrected chi connectivity index (χ4v) is 2.37. The van der Waals surface area contributed by atoms with E-state index in [1.807, 2.05) is 0 Å². The van der Waals surface area contributed by atoms with Crippen LogP contribution in [0.4, 0.5) is 5.69 Å². The van der Waals surface area contributed by atoms with Crippen LogP contribution in [0.1, 0.15) is 44.0 Å². The van der Waals surface area contributed by atoms with Gasteiger partial charge in [0.2, 0.25) is 0 Å². The first kappa shape index (κ1) is 19.0. The number of rotatable bonds is 6. The van der Waals surface area contributed by atoms with Gasteiger partial charge in [-0.15, -0.1) is 0 Å². The Morgan fingerprint density at radius 3 is 2.42 bits per heavy atom. The van der Waals surface area contributed by atoms with E-state index in [0.29, 0.717) is 17.7 Å². The van der Waals surface area contributed by atoms with Gasteiger partial charge in [-0.05, 0) is 18.2 Å². The van der Waals surface area contributed by atoms with Crippen LogP contribution in [-0.4, -0.2) is 49.0 Å². The van der Waals surface area contributed by atoms with Gasteiger partial charge in [0.25, 0.3) is 11.8 Å². The highest BCUT2D eigenvalue weighted by Crippen LogP contribution is 2.27. The molecule has 2 amide bonds. The van der Waals surface area contributed by atoms with Crippen LogP contribution in [-0.2, 0) is 6.42 Å². The van der Waals surface area contributed by atoms with Gasteiger partial charge in [-0.2, -0.15) is 0 Å². The fourth-order valence-electron chi connectivity index (χ4n) is 2.37. The number of hydrogen-bond donors (Lipinski definition) is 2. The molecule has 0 spiro atoms. The second-order valence-electron chi connectivity index (χ2n) is 5.67. The maximum Gasteiger partial charge on any atom is 0.339 e. The predicted molar refractivity (Wildman–Crippen MR) is 94.0 cm³/mol. The van der Waals surface area contributed by atoms with E-state index in [4.69, 9.17) is 14.3 Å². The molecule has 138 valence electrons. The molecule has 8 nitrogen and oxygen atoms in total. The zero-order valence-electron chi connectivity index (χ0n) is 15.0. The minimum absolute atomic E-state index is 0.0545. The zero-order chi connectivity index (χ0) is 19.4. The molecule has 0 unspecified atom stereocenters. The van der Waals surface area contributed by atoms with Crippen LogP contribution in [0.25, 0.3) is 0 Å². The largest absolute Gasteiger partial charge is 0.495 e. The third kappa shape index (κ3) is 3.85. The summed E-state index contributed by atoms with van der Waals surface area (Å²) in [6.07, 6.45) is 0.338. The standard InChI is InChI=1S/C18H20N2O6/c1-5-13-11(18(23)24)9-15(26-13)16(21)19-12-8-10(17(22)20(2)3)6-7-14(12)25-4/h6-9H,5H2,1-4H3,(H,19,21)(H,23,24). The fraction of sp³-hybridized carbons (Fsp3) is 0.278. The molecule has 1 heterocycles. The lowest BCUT2D eigenvalue weighted by Gasteiger charge is -2.14. The average molecular weight is 360 g/mol. The summed E-state index contributed by atoms with van der Waals surface area (Å²) in [4.78, 5) is 37.2. The molecule has 0 bridgehead atoms. The van der Waals surface area contributed by atoms with Crippen LogP contribution in [0.5, 0.6) is 5.75 Å². The Balaban J connectivity index is 2.35. The molecule has 0 fully saturated rings. The number of carboxylic acids is 1. The molecule has 1 aromatic carbocycles. The molecule has 0 aliphatic carbocycles. The molecule has 0 radical (unpaired) electrons. The average Bonchev–Trinajstić information content (AvgIpc) is 3.05. The number of nitrogens with zero attached hydrogens (tertiary/aromatic N) is 1. The predicted octanol–water partition coefficient (Wildman–Crippen LogP) is 2.50. The number of amides is 2. The van der Waals surface area contributed by atoms with Gasteiger partial charge in [-0.3, -0.25) is 9.59 Å². The molecule has 26 heavy (non-hydrogen) atoms. The van der Waals surface area contributed by atoms with E-state index in [9.17, 15) is 14.4 Å². The van der Waals surface area contributed by atoms with Gasteiger partial charge >= 0.3 is 5.97 Å². The van der Waals surface area contributed by atoms with Crippen molar-refractivity contribution in [3.8, 4) is 5.75 Å². The van der Waals surface area contributed by atoms with Crippen molar-refractivity contribution in [2.75, 3.05) is 26.5 Å². The number of benzene rings is 1. The number of aryl methyl sites for hydroxylation is 1. The topological polar surface area (TPSA) is 109 Å². The second-order valence-corrected chi connectivity index (χ2v) is 5.67. The van der Waals surface area contributed by atoms with Crippen LogP contribution in [0, 0.1) is 0 Å². The maximum atomic E-state index is 12.5. The number of ether oxygens (including phenoxy) is 1. The van der Waals surface area contributed by atoms with Crippen molar-refractivity contribution in [3.63, 3.8) is 0 Å². The summed E-state index contributed by atoms with van der Waals surface area (Å²) in [7, 11) is 4.67. The van der Waals surface area contributed by atoms with E-state index in [1.165, 1.54) is 24.1 Å². The van der Waals surface area contributed by atoms with Crippen LogP contribution in [0.3, 0.4) is 0 Å². The molecular weight excluding hydrogens is 340 g/mol. The Labute approximate surface area is 150 Å². The normalized spacial score (nSPS) is 10.3. The summed E-state index contributed by atoms with van der Waals surface area (Å²) in [6, 6.07) is 5.81. The van der Waals surface area contributed by atoms with E-state index >= 15 is 0 Å². The molecule has 0 saturated heterocycles. The van der Waals surface area contributed by atoms with E-state index < -0.39 is 11.9 Å². The lowest BCUT2D eigenvalue weighted by molar-refractivity contribution is 0.0693. The number of furan rings is 1. The summed E-state index contributed by atoms with van der Waals surface area (Å²) in [5.41, 5.74) is 0.587. The van der Waals surface area contributed by atoms with Gasteiger partial charge in [0.1, 0.15) is 17.1 Å². The van der Waals surface area contributed by atoms with Crippen molar-refractivity contribution >= 4 is 23.5 Å². The molecule has 0 aliphatic rings. The van der Waals surface area contributed by atoms with Crippen molar-refractivity contribution in [2.45, 2.75) is 13.3 Å². The number of carbonyl (C=O) groups is 3. The third-order valence-electron chi connectivity index (χ3n) is 3.69. The number of carboxylic acid groups (broad SMARTS) is 1. The third-order valence-corrected chi connectivity index (χ3v) is 3.69. The quantitative estimate of drug-likeness (QED) is 0.819. The Bertz CT molecular complexity index is 853. The summed E-state index contributed by atoms with van der Waals surface area (Å²) >= 11 is 0. The van der Waals surface area contributed by atoms with E-state index in [0.717, 1.165) is 0 Å². The zero-order valence-corrected chi connectivity index (χ0v) is 15.0. The minimum atomic E-state index is -1.17. The van der Waals surface area contributed by atoms with Crippen LogP contribution >= 0.6 is 0 Å². The van der Waals surface area contributed by atoms with Crippen LogP contribution < -0.4 is 10.1 Å². The first-order valence-electron chi connectivity index (χ1n) is 7.85. The number of hydrogen-bond acceptors (Lipinski definition) is 5. The van der Waals surface area contributed by atoms with Crippen LogP contribution in [0.15, 0.2) is 28.7 Å². The van der Waals surface area contributed by atoms with Gasteiger partial charge in [0.05, 0.1) is 12.8 Å². The molecule has 1 aromatic heterocycles. The number of carbonyl (C=O) groups excluding carboxylic acids is 2. The van der Waals surface area contributed by atoms with E-state index in [2.05, 4.69) is 5.32 Å². The first-order chi connectivity index (χ1) is 12.3. The second kappa shape index (κ2) is 7.73. The molecule has 8 heteroatoms. The monoisotopic (exact) mass is 360 g/mol. The molecule has 2 N–H and O–H groups in total. The summed E-state index contributed by atoms with van der Waals surface area (Å²) in [5.74, 6) is -1.60. The van der Waals surface area contributed by atoms with Gasteiger partial charge in [0.15, 0.2) is 5.76 Å². The molecular formula is C18H20N2O6. The molecule has 0 atom stereocenters. The summed E-state index contributed by atoms with van der Waals surface area (Å²) < 4.78 is 10.5. The maximum absolute atomic E-state index is 12.5. The summed E-state index contributed by atoms with van der Waals surface area (Å²) in [6.45, 7) is 1.73. The summed E-state index contributed by atoms with van der Waals surface area (Å²) in [5, 5.41) is 11.8. The van der Waals surface area contributed by atoms with Crippen LogP contribution in [0.2, 0.25) is 0 Å². The Hall–Kier alpha value is -3.29.